The van der Waals surface area contributed by atoms with Crippen LogP contribution in [0.2, 0.25) is 0 Å². The Hall–Kier alpha value is 0.104. The first-order chi connectivity index (χ1) is 4.77. The number of ether oxygens (including phenoxy) is 1. The molecule has 11 heavy (non-hydrogen) atoms. The van der Waals surface area contributed by atoms with E-state index in [9.17, 15) is 4.79 Å². The van der Waals surface area contributed by atoms with Gasteiger partial charge in [0.15, 0.2) is 0 Å². The fraction of sp³-hybridized carbons (Fsp3) is 0.667. The Morgan fingerprint density at radius 3 is 1.64 bits per heavy atom. The molecule has 2 N–H and O–H groups in total. The molecule has 0 amide bonds. The van der Waals surface area contributed by atoms with Gasteiger partial charge in [0, 0.05) is 42.9 Å². The summed E-state index contributed by atoms with van der Waals surface area (Å²) in [5, 5.41) is 14.0. The quantitative estimate of drug-likeness (QED) is 0.342. The van der Waals surface area contributed by atoms with E-state index in [1.165, 1.54) is 6.92 Å². The molecule has 0 heterocycles. The first-order valence-electron chi connectivity index (χ1n) is 2.59. The molecule has 0 rings (SSSR count). The van der Waals surface area contributed by atoms with Gasteiger partial charge >= 0.3 is 0 Å². The Morgan fingerprint density at radius 1 is 1.36 bits per heavy atom. The van der Waals surface area contributed by atoms with Crippen molar-refractivity contribution in [2.45, 2.75) is 6.92 Å². The van der Waals surface area contributed by atoms with Crippen LogP contribution in [-0.2, 0) is 31.2 Å². The van der Waals surface area contributed by atoms with Gasteiger partial charge in [-0.2, -0.15) is 0 Å². The van der Waals surface area contributed by atoms with Crippen molar-refractivity contribution < 1.29 is 41.5 Å². The summed E-state index contributed by atoms with van der Waals surface area (Å²) in [6.07, 6.45) is 0. The van der Waals surface area contributed by atoms with Crippen LogP contribution in [0.5, 0.6) is 0 Å². The summed E-state index contributed by atoms with van der Waals surface area (Å²) in [5.74, 6) is -0.273. The molecule has 68 valence electrons. The first-order valence-corrected chi connectivity index (χ1v) is 2.59. The van der Waals surface area contributed by atoms with Crippen molar-refractivity contribution in [3.63, 3.8) is 0 Å². The van der Waals surface area contributed by atoms with Gasteiger partial charge in [-0.05, 0) is 6.61 Å². The van der Waals surface area contributed by atoms with Gasteiger partial charge < -0.3 is 21.9 Å². The standard InChI is InChI=1S/C4H7O2.2CH4O.Ti/c1-3-6-4(2)5;2*1-2;/h1,3H2,2H3;2*2H,1H3;/q-1;;;. The Bertz CT molecular complexity index is 58.5. The molecule has 0 saturated heterocycles. The number of aliphatic hydroxyl groups excluding tert-OH is 2. The van der Waals surface area contributed by atoms with Crippen LogP contribution in [0.25, 0.3) is 0 Å². The molecule has 0 atom stereocenters. The van der Waals surface area contributed by atoms with Crippen molar-refractivity contribution in [2.24, 2.45) is 0 Å². The van der Waals surface area contributed by atoms with Gasteiger partial charge in [0.2, 0.25) is 0 Å². The number of aliphatic hydroxyl groups is 2. The Morgan fingerprint density at radius 2 is 1.64 bits per heavy atom. The molecule has 0 aromatic carbocycles. The van der Waals surface area contributed by atoms with Crippen LogP contribution >= 0.6 is 0 Å². The minimum absolute atomic E-state index is 0. The SMILES string of the molecule is CO.CO.[CH2-]COC(C)=O.[Ti]. The second kappa shape index (κ2) is 32.1. The molecule has 0 aliphatic carbocycles. The van der Waals surface area contributed by atoms with Crippen LogP contribution in [0.4, 0.5) is 0 Å². The molecule has 0 saturated carbocycles. The van der Waals surface area contributed by atoms with E-state index in [4.69, 9.17) is 10.2 Å². The second-order valence-corrected chi connectivity index (χ2v) is 0.840. The number of carbonyl (C=O) groups is 1. The van der Waals surface area contributed by atoms with Crippen LogP contribution < -0.4 is 0 Å². The minimum Gasteiger partial charge on any atom is -0.499 e. The maximum atomic E-state index is 9.78. The van der Waals surface area contributed by atoms with Crippen LogP contribution in [0.15, 0.2) is 0 Å². The molecule has 0 radical (unpaired) electrons. The van der Waals surface area contributed by atoms with E-state index in [-0.39, 0.29) is 34.3 Å². The van der Waals surface area contributed by atoms with Gasteiger partial charge in [-0.25, -0.2) is 0 Å². The molecule has 0 aromatic rings. The van der Waals surface area contributed by atoms with Crippen molar-refractivity contribution in [3.8, 4) is 0 Å². The zero-order valence-corrected chi connectivity index (χ0v) is 8.69. The predicted molar refractivity (Wildman–Crippen MR) is 38.3 cm³/mol. The number of hydrogen-bond donors (Lipinski definition) is 2. The van der Waals surface area contributed by atoms with E-state index in [0.29, 0.717) is 0 Å². The Labute approximate surface area is 82.4 Å². The predicted octanol–water partition coefficient (Wildman–Crippen LogP) is -0.402. The number of esters is 1. The average molecular weight is 199 g/mol. The monoisotopic (exact) mass is 199 g/mol. The number of hydrogen-bond acceptors (Lipinski definition) is 4. The van der Waals surface area contributed by atoms with Crippen LogP contribution in [0.3, 0.4) is 0 Å². The topological polar surface area (TPSA) is 66.8 Å². The third-order valence-electron chi connectivity index (χ3n) is 0.305. The van der Waals surface area contributed by atoms with E-state index in [1.807, 2.05) is 0 Å². The zero-order chi connectivity index (χ0) is 8.99. The fourth-order valence-corrected chi connectivity index (χ4v) is 0.144. The molecule has 0 bridgehead atoms. The van der Waals surface area contributed by atoms with Gasteiger partial charge in [-0.3, -0.25) is 4.79 Å². The third kappa shape index (κ3) is 68.9. The molecular formula is C6H15O4Ti-. The van der Waals surface area contributed by atoms with Gasteiger partial charge in [0.05, 0.1) is 0 Å². The Kier molecular flexibility index (Phi) is 65.6. The molecule has 0 unspecified atom stereocenters. The maximum Gasteiger partial charge on any atom is 0.299 e. The van der Waals surface area contributed by atoms with E-state index in [1.54, 1.807) is 0 Å². The molecule has 0 aliphatic heterocycles. The van der Waals surface area contributed by atoms with Crippen LogP contribution in [-0.4, -0.2) is 37.0 Å². The van der Waals surface area contributed by atoms with Crippen molar-refractivity contribution >= 4 is 5.97 Å². The van der Waals surface area contributed by atoms with Crippen molar-refractivity contribution in [3.05, 3.63) is 6.92 Å². The number of rotatable bonds is 1. The third-order valence-corrected chi connectivity index (χ3v) is 0.305. The zero-order valence-electron chi connectivity index (χ0n) is 7.13. The fourth-order valence-electron chi connectivity index (χ4n) is 0.144. The van der Waals surface area contributed by atoms with Crippen LogP contribution in [0.1, 0.15) is 6.92 Å². The average Bonchev–Trinajstić information content (AvgIpc) is 1.96. The summed E-state index contributed by atoms with van der Waals surface area (Å²) < 4.78 is 4.29. The van der Waals surface area contributed by atoms with Crippen molar-refractivity contribution in [1.82, 2.24) is 0 Å². The van der Waals surface area contributed by atoms with Gasteiger partial charge in [0.25, 0.3) is 5.97 Å². The molecule has 4 nitrogen and oxygen atoms in total. The second-order valence-electron chi connectivity index (χ2n) is 0.840. The minimum atomic E-state index is -0.273. The molecule has 0 fully saturated rings. The summed E-state index contributed by atoms with van der Waals surface area (Å²) in [6.45, 7) is 4.87. The molecule has 5 heteroatoms. The normalized spacial score (nSPS) is 5.27. The summed E-state index contributed by atoms with van der Waals surface area (Å²) in [7, 11) is 2.00. The maximum absolute atomic E-state index is 9.78. The van der Waals surface area contributed by atoms with Crippen molar-refractivity contribution in [2.75, 3.05) is 20.8 Å². The number of carbonyl (C=O) groups excluding carboxylic acids is 1. The van der Waals surface area contributed by atoms with Crippen molar-refractivity contribution in [1.29, 1.82) is 0 Å². The molecule has 0 aromatic heterocycles. The summed E-state index contributed by atoms with van der Waals surface area (Å²) in [4.78, 5) is 9.78. The molecule has 0 aliphatic rings. The molecule has 0 spiro atoms. The van der Waals surface area contributed by atoms with E-state index in [2.05, 4.69) is 11.7 Å². The first kappa shape index (κ1) is 22.5. The van der Waals surface area contributed by atoms with E-state index in [0.717, 1.165) is 14.2 Å². The van der Waals surface area contributed by atoms with Gasteiger partial charge in [-0.1, -0.05) is 0 Å². The van der Waals surface area contributed by atoms with E-state index >= 15 is 0 Å². The largest absolute Gasteiger partial charge is 0.499 e. The van der Waals surface area contributed by atoms with Gasteiger partial charge in [-0.15, -0.1) is 0 Å². The van der Waals surface area contributed by atoms with E-state index < -0.39 is 0 Å². The summed E-state index contributed by atoms with van der Waals surface area (Å²) in [5.41, 5.74) is 0. The van der Waals surface area contributed by atoms with Gasteiger partial charge in [0.1, 0.15) is 0 Å². The Balaban J connectivity index is -0.0000000428. The summed E-state index contributed by atoms with van der Waals surface area (Å²) in [6, 6.07) is 0. The summed E-state index contributed by atoms with van der Waals surface area (Å²) >= 11 is 0. The smallest absolute Gasteiger partial charge is 0.299 e. The molecular weight excluding hydrogens is 184 g/mol. The van der Waals surface area contributed by atoms with Crippen LogP contribution in [0, 0.1) is 6.92 Å².